The van der Waals surface area contributed by atoms with Gasteiger partial charge in [-0.1, -0.05) is 11.8 Å². The molecule has 0 aliphatic carbocycles. The van der Waals surface area contributed by atoms with Crippen LogP contribution in [0.15, 0.2) is 18.2 Å². The highest BCUT2D eigenvalue weighted by atomic mass is 35.5. The van der Waals surface area contributed by atoms with Crippen LogP contribution in [0, 0.1) is 27.8 Å². The molecule has 3 nitrogen and oxygen atoms in total. The monoisotopic (exact) mass is 227 g/mol. The predicted octanol–water partition coefficient (Wildman–Crippen LogP) is 2.71. The number of non-ortho nitro benzene ring substituents is 1. The molecule has 0 fully saturated rings. The fourth-order valence-electron chi connectivity index (χ4n) is 0.928. The minimum atomic E-state index is -0.591. The highest BCUT2D eigenvalue weighted by molar-refractivity contribution is 6.18. The van der Waals surface area contributed by atoms with E-state index in [9.17, 15) is 14.5 Å². The minimum absolute atomic E-state index is 0.0225. The first kappa shape index (κ1) is 11.5. The van der Waals surface area contributed by atoms with Crippen molar-refractivity contribution in [3.63, 3.8) is 0 Å². The normalized spacial score (nSPS) is 9.20. The number of nitro groups is 1. The Labute approximate surface area is 91.0 Å². The number of alkyl halides is 1. The molecular formula is C10H7ClFNO2. The lowest BCUT2D eigenvalue weighted by atomic mass is 10.2. The number of halogens is 2. The molecule has 15 heavy (non-hydrogen) atoms. The summed E-state index contributed by atoms with van der Waals surface area (Å²) < 4.78 is 13.1. The van der Waals surface area contributed by atoms with Crippen LogP contribution in [0.5, 0.6) is 0 Å². The van der Waals surface area contributed by atoms with Gasteiger partial charge in [0.1, 0.15) is 5.82 Å². The van der Waals surface area contributed by atoms with Crippen molar-refractivity contribution in [2.24, 2.45) is 0 Å². The summed E-state index contributed by atoms with van der Waals surface area (Å²) >= 11 is 5.38. The molecule has 0 aliphatic heterocycles. The van der Waals surface area contributed by atoms with E-state index in [1.165, 1.54) is 0 Å². The predicted molar refractivity (Wildman–Crippen MR) is 55.3 cm³/mol. The average Bonchev–Trinajstić information content (AvgIpc) is 2.20. The molecule has 0 heterocycles. The first-order valence-electron chi connectivity index (χ1n) is 4.14. The van der Waals surface area contributed by atoms with Crippen LogP contribution < -0.4 is 0 Å². The zero-order valence-electron chi connectivity index (χ0n) is 7.67. The molecule has 0 saturated heterocycles. The van der Waals surface area contributed by atoms with Crippen LogP contribution in [0.3, 0.4) is 0 Å². The van der Waals surface area contributed by atoms with E-state index in [0.29, 0.717) is 12.3 Å². The zero-order chi connectivity index (χ0) is 11.3. The van der Waals surface area contributed by atoms with Crippen molar-refractivity contribution in [3.05, 3.63) is 39.7 Å². The molecule has 5 heteroatoms. The smallest absolute Gasteiger partial charge is 0.258 e. The Morgan fingerprint density at radius 2 is 2.27 bits per heavy atom. The molecule has 0 unspecified atom stereocenters. The summed E-state index contributed by atoms with van der Waals surface area (Å²) in [6.07, 6.45) is 0.420. The van der Waals surface area contributed by atoms with Crippen LogP contribution in [0.2, 0.25) is 0 Å². The van der Waals surface area contributed by atoms with E-state index in [4.69, 9.17) is 11.6 Å². The maximum Gasteiger partial charge on any atom is 0.270 e. The zero-order valence-corrected chi connectivity index (χ0v) is 8.42. The molecule has 1 aromatic carbocycles. The van der Waals surface area contributed by atoms with E-state index in [0.717, 1.165) is 18.2 Å². The van der Waals surface area contributed by atoms with Gasteiger partial charge >= 0.3 is 0 Å². The highest BCUT2D eigenvalue weighted by Gasteiger charge is 2.08. The van der Waals surface area contributed by atoms with Gasteiger partial charge in [0.15, 0.2) is 0 Å². The van der Waals surface area contributed by atoms with Gasteiger partial charge in [-0.2, -0.15) is 0 Å². The van der Waals surface area contributed by atoms with Crippen molar-refractivity contribution in [2.45, 2.75) is 6.42 Å². The van der Waals surface area contributed by atoms with E-state index in [2.05, 4.69) is 11.8 Å². The van der Waals surface area contributed by atoms with Crippen molar-refractivity contribution < 1.29 is 9.31 Å². The summed E-state index contributed by atoms with van der Waals surface area (Å²) in [5.41, 5.74) is -0.152. The lowest BCUT2D eigenvalue weighted by Gasteiger charge is -1.94. The summed E-state index contributed by atoms with van der Waals surface area (Å²) in [6, 6.07) is 3.24. The standard InChI is InChI=1S/C10H7ClFNO2/c11-6-2-1-3-8-7-9(13(14)15)4-5-10(8)12/h4-5,7H,2,6H2. The number of hydrogen-bond donors (Lipinski definition) is 0. The van der Waals surface area contributed by atoms with E-state index >= 15 is 0 Å². The van der Waals surface area contributed by atoms with Crippen LogP contribution in [0.25, 0.3) is 0 Å². The van der Waals surface area contributed by atoms with Gasteiger partial charge in [-0.25, -0.2) is 4.39 Å². The number of nitro benzene ring substituents is 1. The topological polar surface area (TPSA) is 43.1 Å². The molecule has 78 valence electrons. The molecule has 0 atom stereocenters. The minimum Gasteiger partial charge on any atom is -0.258 e. The molecule has 0 amide bonds. The van der Waals surface area contributed by atoms with E-state index < -0.39 is 10.7 Å². The first-order chi connectivity index (χ1) is 7.15. The summed E-state index contributed by atoms with van der Waals surface area (Å²) in [7, 11) is 0. The second-order valence-electron chi connectivity index (χ2n) is 2.66. The van der Waals surface area contributed by atoms with Crippen molar-refractivity contribution in [1.82, 2.24) is 0 Å². The van der Waals surface area contributed by atoms with Gasteiger partial charge in [0.2, 0.25) is 0 Å². The van der Waals surface area contributed by atoms with Crippen molar-refractivity contribution in [2.75, 3.05) is 5.88 Å². The van der Waals surface area contributed by atoms with Crippen LogP contribution in [-0.4, -0.2) is 10.8 Å². The van der Waals surface area contributed by atoms with Gasteiger partial charge in [-0.3, -0.25) is 10.1 Å². The lowest BCUT2D eigenvalue weighted by Crippen LogP contribution is -1.91. The maximum atomic E-state index is 13.1. The Morgan fingerprint density at radius 1 is 1.53 bits per heavy atom. The molecule has 0 aromatic heterocycles. The number of benzene rings is 1. The molecule has 0 N–H and O–H groups in total. The third-order valence-electron chi connectivity index (χ3n) is 1.60. The third-order valence-corrected chi connectivity index (χ3v) is 1.79. The largest absolute Gasteiger partial charge is 0.270 e. The van der Waals surface area contributed by atoms with Crippen molar-refractivity contribution in [3.8, 4) is 11.8 Å². The molecule has 1 aromatic rings. The van der Waals surface area contributed by atoms with E-state index in [1.54, 1.807) is 0 Å². The molecular weight excluding hydrogens is 221 g/mol. The maximum absolute atomic E-state index is 13.1. The lowest BCUT2D eigenvalue weighted by molar-refractivity contribution is -0.384. The first-order valence-corrected chi connectivity index (χ1v) is 4.67. The Hall–Kier alpha value is -1.60. The van der Waals surface area contributed by atoms with E-state index in [-0.39, 0.29) is 11.3 Å². The van der Waals surface area contributed by atoms with E-state index in [1.807, 2.05) is 0 Å². The molecule has 0 bridgehead atoms. The number of nitrogens with zero attached hydrogens (tertiary/aromatic N) is 1. The van der Waals surface area contributed by atoms with Crippen molar-refractivity contribution in [1.29, 1.82) is 0 Å². The third kappa shape index (κ3) is 3.22. The van der Waals surface area contributed by atoms with Gasteiger partial charge in [-0.15, -0.1) is 11.6 Å². The summed E-state index contributed by atoms with van der Waals surface area (Å²) in [6.45, 7) is 0. The molecule has 0 radical (unpaired) electrons. The highest BCUT2D eigenvalue weighted by Crippen LogP contribution is 2.15. The molecule has 0 spiro atoms. The van der Waals surface area contributed by atoms with Gasteiger partial charge in [-0.05, 0) is 6.07 Å². The average molecular weight is 228 g/mol. The van der Waals surface area contributed by atoms with Gasteiger partial charge in [0.25, 0.3) is 5.69 Å². The number of rotatable bonds is 2. The number of hydrogen-bond acceptors (Lipinski definition) is 2. The molecule has 1 rings (SSSR count). The summed E-state index contributed by atoms with van der Waals surface area (Å²) in [5, 5.41) is 10.4. The SMILES string of the molecule is O=[N+]([O-])c1ccc(F)c(C#CCCCl)c1. The van der Waals surface area contributed by atoms with Crippen molar-refractivity contribution >= 4 is 17.3 Å². The van der Waals surface area contributed by atoms with Crippen LogP contribution in [0.4, 0.5) is 10.1 Å². The Kier molecular flexibility index (Phi) is 4.07. The fraction of sp³-hybridized carbons (Fsp3) is 0.200. The van der Waals surface area contributed by atoms with Gasteiger partial charge < -0.3 is 0 Å². The van der Waals surface area contributed by atoms with Gasteiger partial charge in [0, 0.05) is 24.4 Å². The van der Waals surface area contributed by atoms with Crippen LogP contribution in [-0.2, 0) is 0 Å². The van der Waals surface area contributed by atoms with Gasteiger partial charge in [0.05, 0.1) is 10.5 Å². The molecule has 0 saturated carbocycles. The quantitative estimate of drug-likeness (QED) is 0.337. The fourth-order valence-corrected chi connectivity index (χ4v) is 1.02. The Morgan fingerprint density at radius 3 is 2.87 bits per heavy atom. The van der Waals surface area contributed by atoms with Crippen LogP contribution in [0.1, 0.15) is 12.0 Å². The summed E-state index contributed by atoms with van der Waals surface area (Å²) in [5.74, 6) is 4.89. The Bertz CT molecular complexity index is 437. The Balaban J connectivity index is 3.02. The second kappa shape index (κ2) is 5.32. The van der Waals surface area contributed by atoms with Crippen LogP contribution >= 0.6 is 11.6 Å². The second-order valence-corrected chi connectivity index (χ2v) is 3.04. The molecule has 0 aliphatic rings. The summed E-state index contributed by atoms with van der Waals surface area (Å²) in [4.78, 5) is 9.82.